The molecular weight excluding hydrogens is 357 g/mol. The zero-order valence-corrected chi connectivity index (χ0v) is 15.4. The number of hydrogen-bond donors (Lipinski definition) is 1. The van der Waals surface area contributed by atoms with Gasteiger partial charge in [0.2, 0.25) is 5.91 Å². The number of alkyl halides is 3. The molecule has 4 nitrogen and oxygen atoms in total. The van der Waals surface area contributed by atoms with Gasteiger partial charge in [-0.25, -0.2) is 0 Å². The van der Waals surface area contributed by atoms with Crippen molar-refractivity contribution in [2.45, 2.75) is 26.9 Å². The fraction of sp³-hybridized carbons (Fsp3) is 0.300. The standard InChI is InChI=1S/C20H21F3N2O2/c1-4-25(19(27)15-10-9-13(2)11-14(15)3)12-18(26)24-17-8-6-5-7-16(17)20(21,22)23/h5-11H,4,12H2,1-3H3,(H,24,26). The van der Waals surface area contributed by atoms with E-state index in [1.807, 2.05) is 13.0 Å². The number of nitrogens with zero attached hydrogens (tertiary/aromatic N) is 1. The number of anilines is 1. The van der Waals surface area contributed by atoms with E-state index in [-0.39, 0.29) is 24.7 Å². The third-order valence-electron chi connectivity index (χ3n) is 4.12. The van der Waals surface area contributed by atoms with Crippen LogP contribution >= 0.6 is 0 Å². The molecule has 0 aliphatic carbocycles. The summed E-state index contributed by atoms with van der Waals surface area (Å²) < 4.78 is 39.1. The Bertz CT molecular complexity index is 847. The van der Waals surface area contributed by atoms with E-state index < -0.39 is 17.6 Å². The van der Waals surface area contributed by atoms with Crippen LogP contribution < -0.4 is 5.32 Å². The molecule has 0 atom stereocenters. The SMILES string of the molecule is CCN(CC(=O)Nc1ccccc1C(F)(F)F)C(=O)c1ccc(C)cc1C. The quantitative estimate of drug-likeness (QED) is 0.837. The highest BCUT2D eigenvalue weighted by Gasteiger charge is 2.33. The summed E-state index contributed by atoms with van der Waals surface area (Å²) in [6.07, 6.45) is -4.58. The molecule has 0 heterocycles. The second kappa shape index (κ2) is 8.24. The van der Waals surface area contributed by atoms with Gasteiger partial charge >= 0.3 is 6.18 Å². The lowest BCUT2D eigenvalue weighted by Gasteiger charge is -2.22. The molecule has 1 N–H and O–H groups in total. The van der Waals surface area contributed by atoms with E-state index in [4.69, 9.17) is 0 Å². The van der Waals surface area contributed by atoms with Crippen molar-refractivity contribution in [1.29, 1.82) is 0 Å². The molecule has 27 heavy (non-hydrogen) atoms. The summed E-state index contributed by atoms with van der Waals surface area (Å²) in [5.41, 5.74) is 0.993. The van der Waals surface area contributed by atoms with Gasteiger partial charge < -0.3 is 10.2 Å². The Morgan fingerprint density at radius 1 is 1.07 bits per heavy atom. The Morgan fingerprint density at radius 2 is 1.74 bits per heavy atom. The molecule has 0 aliphatic rings. The van der Waals surface area contributed by atoms with Crippen LogP contribution in [0.4, 0.5) is 18.9 Å². The van der Waals surface area contributed by atoms with Gasteiger partial charge in [-0.1, -0.05) is 29.8 Å². The van der Waals surface area contributed by atoms with Crippen LogP contribution in [0.1, 0.15) is 34.0 Å². The summed E-state index contributed by atoms with van der Waals surface area (Å²) in [7, 11) is 0. The second-order valence-electron chi connectivity index (χ2n) is 6.23. The monoisotopic (exact) mass is 378 g/mol. The van der Waals surface area contributed by atoms with Crippen molar-refractivity contribution in [3.63, 3.8) is 0 Å². The van der Waals surface area contributed by atoms with Crippen molar-refractivity contribution in [1.82, 2.24) is 4.90 Å². The van der Waals surface area contributed by atoms with Crippen LogP contribution in [0.25, 0.3) is 0 Å². The molecule has 2 rings (SSSR count). The minimum Gasteiger partial charge on any atom is -0.330 e. The van der Waals surface area contributed by atoms with E-state index in [9.17, 15) is 22.8 Å². The lowest BCUT2D eigenvalue weighted by Crippen LogP contribution is -2.38. The number of amides is 2. The minimum atomic E-state index is -4.58. The highest BCUT2D eigenvalue weighted by atomic mass is 19.4. The smallest absolute Gasteiger partial charge is 0.330 e. The van der Waals surface area contributed by atoms with Crippen LogP contribution in [-0.4, -0.2) is 29.8 Å². The fourth-order valence-corrected chi connectivity index (χ4v) is 2.75. The van der Waals surface area contributed by atoms with Crippen molar-refractivity contribution in [2.24, 2.45) is 0 Å². The van der Waals surface area contributed by atoms with Gasteiger partial charge in [-0.15, -0.1) is 0 Å². The van der Waals surface area contributed by atoms with Crippen LogP contribution in [0.2, 0.25) is 0 Å². The molecule has 0 radical (unpaired) electrons. The zero-order chi connectivity index (χ0) is 20.2. The lowest BCUT2D eigenvalue weighted by atomic mass is 10.0. The molecule has 0 saturated carbocycles. The highest BCUT2D eigenvalue weighted by molar-refractivity contribution is 6.00. The Balaban J connectivity index is 2.15. The maximum Gasteiger partial charge on any atom is 0.418 e. The number of para-hydroxylation sites is 1. The molecule has 144 valence electrons. The average Bonchev–Trinajstić information content (AvgIpc) is 2.58. The first-order valence-electron chi connectivity index (χ1n) is 8.46. The van der Waals surface area contributed by atoms with Crippen LogP contribution in [0, 0.1) is 13.8 Å². The van der Waals surface area contributed by atoms with Crippen LogP contribution in [0.15, 0.2) is 42.5 Å². The van der Waals surface area contributed by atoms with E-state index in [2.05, 4.69) is 5.32 Å². The molecule has 2 aromatic carbocycles. The van der Waals surface area contributed by atoms with Crippen molar-refractivity contribution in [2.75, 3.05) is 18.4 Å². The molecule has 0 unspecified atom stereocenters. The number of benzene rings is 2. The van der Waals surface area contributed by atoms with Crippen LogP contribution in [0.5, 0.6) is 0 Å². The second-order valence-corrected chi connectivity index (χ2v) is 6.23. The van der Waals surface area contributed by atoms with Crippen molar-refractivity contribution in [3.8, 4) is 0 Å². The van der Waals surface area contributed by atoms with Gasteiger partial charge in [-0.2, -0.15) is 13.2 Å². The van der Waals surface area contributed by atoms with Gasteiger partial charge in [0, 0.05) is 12.1 Å². The number of halogens is 3. The topological polar surface area (TPSA) is 49.4 Å². The summed E-state index contributed by atoms with van der Waals surface area (Å²) in [6, 6.07) is 10.1. The van der Waals surface area contributed by atoms with Crippen molar-refractivity contribution < 1.29 is 22.8 Å². The first-order chi connectivity index (χ1) is 12.6. The Labute approximate surface area is 156 Å². The van der Waals surface area contributed by atoms with E-state index in [0.717, 1.165) is 17.2 Å². The molecule has 0 aliphatic heterocycles. The molecule has 0 aromatic heterocycles. The summed E-state index contributed by atoms with van der Waals surface area (Å²) in [6.45, 7) is 5.33. The van der Waals surface area contributed by atoms with E-state index >= 15 is 0 Å². The fourth-order valence-electron chi connectivity index (χ4n) is 2.75. The van der Waals surface area contributed by atoms with Crippen molar-refractivity contribution >= 4 is 17.5 Å². The van der Waals surface area contributed by atoms with E-state index in [1.54, 1.807) is 26.0 Å². The predicted octanol–water partition coefficient (Wildman–Crippen LogP) is 4.42. The molecule has 0 bridgehead atoms. The van der Waals surface area contributed by atoms with Gasteiger partial charge in [-0.05, 0) is 44.5 Å². The average molecular weight is 378 g/mol. The number of aryl methyl sites for hydroxylation is 2. The van der Waals surface area contributed by atoms with Gasteiger partial charge in [0.15, 0.2) is 0 Å². The maximum atomic E-state index is 13.0. The Kier molecular flexibility index (Phi) is 6.25. The normalized spacial score (nSPS) is 11.2. The number of rotatable bonds is 5. The molecule has 0 saturated heterocycles. The van der Waals surface area contributed by atoms with Crippen LogP contribution in [0.3, 0.4) is 0 Å². The third-order valence-corrected chi connectivity index (χ3v) is 4.12. The summed E-state index contributed by atoms with van der Waals surface area (Å²) in [4.78, 5) is 26.2. The predicted molar refractivity (Wildman–Crippen MR) is 97.6 cm³/mol. The first kappa shape index (κ1) is 20.5. The summed E-state index contributed by atoms with van der Waals surface area (Å²) in [5, 5.41) is 2.26. The number of nitrogens with one attached hydrogen (secondary N) is 1. The van der Waals surface area contributed by atoms with Gasteiger partial charge in [0.05, 0.1) is 11.3 Å². The maximum absolute atomic E-state index is 13.0. The minimum absolute atomic E-state index is 0.250. The Hall–Kier alpha value is -2.83. The van der Waals surface area contributed by atoms with Gasteiger partial charge in [0.25, 0.3) is 5.91 Å². The van der Waals surface area contributed by atoms with Gasteiger partial charge in [-0.3, -0.25) is 9.59 Å². The number of carbonyl (C=O) groups is 2. The third kappa shape index (κ3) is 5.09. The van der Waals surface area contributed by atoms with Crippen LogP contribution in [-0.2, 0) is 11.0 Å². The van der Waals surface area contributed by atoms with Crippen molar-refractivity contribution in [3.05, 3.63) is 64.7 Å². The number of carbonyl (C=O) groups excluding carboxylic acids is 2. The molecular formula is C20H21F3N2O2. The summed E-state index contributed by atoms with van der Waals surface area (Å²) in [5.74, 6) is -1.03. The highest BCUT2D eigenvalue weighted by Crippen LogP contribution is 2.34. The summed E-state index contributed by atoms with van der Waals surface area (Å²) >= 11 is 0. The molecule has 2 amide bonds. The molecule has 2 aromatic rings. The number of likely N-dealkylation sites (N-methyl/N-ethyl adjacent to an activating group) is 1. The number of hydrogen-bond acceptors (Lipinski definition) is 2. The van der Waals surface area contributed by atoms with E-state index in [0.29, 0.717) is 5.56 Å². The lowest BCUT2D eigenvalue weighted by molar-refractivity contribution is -0.137. The molecule has 7 heteroatoms. The van der Waals surface area contributed by atoms with E-state index in [1.165, 1.54) is 23.1 Å². The first-order valence-corrected chi connectivity index (χ1v) is 8.46. The largest absolute Gasteiger partial charge is 0.418 e. The zero-order valence-electron chi connectivity index (χ0n) is 15.4. The molecule has 0 fully saturated rings. The van der Waals surface area contributed by atoms with Gasteiger partial charge in [0.1, 0.15) is 6.54 Å². The Morgan fingerprint density at radius 3 is 2.33 bits per heavy atom. The molecule has 0 spiro atoms.